The van der Waals surface area contributed by atoms with Gasteiger partial charge >= 0.3 is 0 Å². The number of alkyl halides is 2. The molecule has 10 heteroatoms. The van der Waals surface area contributed by atoms with Gasteiger partial charge in [0.1, 0.15) is 5.52 Å². The Bertz CT molecular complexity index is 1160. The van der Waals surface area contributed by atoms with Gasteiger partial charge in [-0.3, -0.25) is 4.79 Å². The molecule has 1 aliphatic heterocycles. The van der Waals surface area contributed by atoms with E-state index in [0.717, 1.165) is 80.7 Å². The summed E-state index contributed by atoms with van der Waals surface area (Å²) in [6, 6.07) is 5.61. The lowest BCUT2D eigenvalue weighted by Gasteiger charge is -2.30. The van der Waals surface area contributed by atoms with Crippen molar-refractivity contribution in [1.82, 2.24) is 20.2 Å². The molecule has 1 fully saturated rings. The van der Waals surface area contributed by atoms with Crippen molar-refractivity contribution in [3.05, 3.63) is 40.2 Å². The molecule has 2 aromatic heterocycles. The van der Waals surface area contributed by atoms with E-state index < -0.39 is 13.0 Å². The van der Waals surface area contributed by atoms with Crippen LogP contribution < -0.4 is 10.1 Å². The summed E-state index contributed by atoms with van der Waals surface area (Å²) in [5.41, 5.74) is 3.02. The molecule has 194 valence electrons. The summed E-state index contributed by atoms with van der Waals surface area (Å²) in [6.45, 7) is 4.16. The third-order valence-corrected chi connectivity index (χ3v) is 8.27. The first-order valence-corrected chi connectivity index (χ1v) is 13.5. The predicted molar refractivity (Wildman–Crippen MR) is 134 cm³/mol. The van der Waals surface area contributed by atoms with Crippen molar-refractivity contribution in [3.8, 4) is 5.19 Å². The highest BCUT2D eigenvalue weighted by atomic mass is 32.1. The maximum absolute atomic E-state index is 12.7. The molecule has 1 saturated carbocycles. The van der Waals surface area contributed by atoms with Crippen LogP contribution in [-0.4, -0.2) is 59.5 Å². The summed E-state index contributed by atoms with van der Waals surface area (Å²) < 4.78 is 35.4. The van der Waals surface area contributed by atoms with Gasteiger partial charge in [-0.1, -0.05) is 11.3 Å². The molecule has 5 rings (SSSR count). The molecule has 1 amide bonds. The maximum atomic E-state index is 12.7. The van der Waals surface area contributed by atoms with Crippen LogP contribution in [0, 0.1) is 12.8 Å². The summed E-state index contributed by atoms with van der Waals surface area (Å²) >= 11 is 1.41. The van der Waals surface area contributed by atoms with Crippen molar-refractivity contribution < 1.29 is 22.7 Å². The van der Waals surface area contributed by atoms with E-state index in [1.807, 2.05) is 6.07 Å². The van der Waals surface area contributed by atoms with E-state index in [4.69, 9.17) is 9.15 Å². The largest absolute Gasteiger partial charge is 0.464 e. The lowest BCUT2D eigenvalue weighted by Crippen LogP contribution is -2.38. The molecule has 0 spiro atoms. The number of carbonyl (C=O) groups excluding carboxylic acids is 1. The topological polar surface area (TPSA) is 80.5 Å². The second-order valence-electron chi connectivity index (χ2n) is 9.79. The lowest BCUT2D eigenvalue weighted by atomic mass is 9.84. The minimum absolute atomic E-state index is 0.0530. The SMILES string of the molecule is Cc1nc2ccc(C(=O)NC3CCC(CCN4CCc5nc(OCC(F)F)sc5CC4)CC3)cc2o1. The second-order valence-corrected chi connectivity index (χ2v) is 10.8. The number of benzene rings is 1. The van der Waals surface area contributed by atoms with Crippen molar-refractivity contribution in [2.75, 3.05) is 26.2 Å². The molecule has 1 aliphatic carbocycles. The minimum atomic E-state index is -2.48. The van der Waals surface area contributed by atoms with Gasteiger partial charge in [0.25, 0.3) is 17.5 Å². The van der Waals surface area contributed by atoms with Crippen molar-refractivity contribution in [2.45, 2.75) is 64.3 Å². The van der Waals surface area contributed by atoms with Gasteiger partial charge in [-0.05, 0) is 69.2 Å². The van der Waals surface area contributed by atoms with Gasteiger partial charge in [0.05, 0.1) is 5.69 Å². The molecule has 3 aromatic rings. The number of hydrogen-bond donors (Lipinski definition) is 1. The number of aromatic nitrogens is 2. The summed E-state index contributed by atoms with van der Waals surface area (Å²) in [5, 5.41) is 3.57. The Morgan fingerprint density at radius 3 is 2.83 bits per heavy atom. The molecule has 0 atom stereocenters. The summed E-state index contributed by atoms with van der Waals surface area (Å²) in [6.07, 6.45) is 4.66. The first kappa shape index (κ1) is 25.1. The van der Waals surface area contributed by atoms with E-state index in [-0.39, 0.29) is 11.9 Å². The Hall–Kier alpha value is -2.59. The number of amides is 1. The fraction of sp³-hybridized carbons (Fsp3) is 0.577. The molecule has 0 radical (unpaired) electrons. The van der Waals surface area contributed by atoms with E-state index in [1.54, 1.807) is 19.1 Å². The molecule has 1 N–H and O–H groups in total. The van der Waals surface area contributed by atoms with Crippen molar-refractivity contribution in [2.24, 2.45) is 5.92 Å². The summed E-state index contributed by atoms with van der Waals surface area (Å²) in [7, 11) is 0. The molecule has 0 saturated heterocycles. The minimum Gasteiger partial charge on any atom is -0.464 e. The number of hydrogen-bond acceptors (Lipinski definition) is 7. The molecular weight excluding hydrogens is 486 g/mol. The number of thiazole rings is 1. The van der Waals surface area contributed by atoms with Crippen LogP contribution in [0.1, 0.15) is 58.9 Å². The molecule has 1 aromatic carbocycles. The summed E-state index contributed by atoms with van der Waals surface area (Å²) in [4.78, 5) is 25.1. The Kier molecular flexibility index (Phi) is 7.81. The van der Waals surface area contributed by atoms with Crippen LogP contribution in [-0.2, 0) is 12.8 Å². The fourth-order valence-corrected chi connectivity index (χ4v) is 6.17. The van der Waals surface area contributed by atoms with Gasteiger partial charge in [0.2, 0.25) is 0 Å². The van der Waals surface area contributed by atoms with Gasteiger partial charge in [-0.15, -0.1) is 0 Å². The predicted octanol–water partition coefficient (Wildman–Crippen LogP) is 5.02. The van der Waals surface area contributed by atoms with Crippen LogP contribution in [0.3, 0.4) is 0 Å². The molecule has 0 unspecified atom stereocenters. The highest BCUT2D eigenvalue weighted by molar-refractivity contribution is 7.13. The molecule has 0 bridgehead atoms. The van der Waals surface area contributed by atoms with Crippen LogP contribution in [0.5, 0.6) is 5.19 Å². The Morgan fingerprint density at radius 1 is 1.22 bits per heavy atom. The number of aryl methyl sites for hydroxylation is 1. The Balaban J connectivity index is 1.03. The molecular formula is C26H32F2N4O3S. The number of halogens is 2. The molecule has 2 aliphatic rings. The highest BCUT2D eigenvalue weighted by Gasteiger charge is 2.25. The van der Waals surface area contributed by atoms with Gasteiger partial charge in [0.15, 0.2) is 18.1 Å². The number of ether oxygens (including phenoxy) is 1. The van der Waals surface area contributed by atoms with Gasteiger partial charge < -0.3 is 19.4 Å². The average molecular weight is 519 g/mol. The quantitative estimate of drug-likeness (QED) is 0.451. The molecule has 3 heterocycles. The number of nitrogens with one attached hydrogen (secondary N) is 1. The average Bonchev–Trinajstić information content (AvgIpc) is 3.38. The number of nitrogens with zero attached hydrogens (tertiary/aromatic N) is 3. The van der Waals surface area contributed by atoms with E-state index >= 15 is 0 Å². The third-order valence-electron chi connectivity index (χ3n) is 7.20. The Morgan fingerprint density at radius 2 is 2.03 bits per heavy atom. The zero-order valence-electron chi connectivity index (χ0n) is 20.5. The van der Waals surface area contributed by atoms with Gasteiger partial charge in [0, 0.05) is 42.9 Å². The van der Waals surface area contributed by atoms with Crippen LogP contribution in [0.15, 0.2) is 22.6 Å². The second kappa shape index (κ2) is 11.2. The maximum Gasteiger partial charge on any atom is 0.273 e. The van der Waals surface area contributed by atoms with Crippen molar-refractivity contribution in [3.63, 3.8) is 0 Å². The number of oxazole rings is 1. The number of carbonyl (C=O) groups is 1. The smallest absolute Gasteiger partial charge is 0.273 e. The standard InChI is InChI=1S/C26H32F2N4O3S/c1-16-29-20-7-4-18(14-22(20)35-16)25(33)30-19-5-2-17(3-6-19)8-11-32-12-9-21-23(10-13-32)36-26(31-21)34-15-24(27)28/h4,7,14,17,19,24H,2-3,5-6,8-13,15H2,1H3,(H,30,33). The van der Waals surface area contributed by atoms with Crippen LogP contribution in [0.4, 0.5) is 8.78 Å². The normalized spacial score (nSPS) is 20.9. The van der Waals surface area contributed by atoms with Crippen molar-refractivity contribution in [1.29, 1.82) is 0 Å². The number of fused-ring (bicyclic) bond motifs is 2. The lowest BCUT2D eigenvalue weighted by molar-refractivity contribution is 0.0816. The van der Waals surface area contributed by atoms with Crippen molar-refractivity contribution >= 4 is 28.3 Å². The van der Waals surface area contributed by atoms with Gasteiger partial charge in [-0.25, -0.2) is 18.7 Å². The highest BCUT2D eigenvalue weighted by Crippen LogP contribution is 2.30. The fourth-order valence-electron chi connectivity index (χ4n) is 5.22. The molecule has 7 nitrogen and oxygen atoms in total. The summed E-state index contributed by atoms with van der Waals surface area (Å²) in [5.74, 6) is 1.22. The van der Waals surface area contributed by atoms with E-state index in [2.05, 4.69) is 20.2 Å². The monoisotopic (exact) mass is 518 g/mol. The van der Waals surface area contributed by atoms with E-state index in [9.17, 15) is 13.6 Å². The van der Waals surface area contributed by atoms with E-state index in [1.165, 1.54) is 11.3 Å². The zero-order valence-corrected chi connectivity index (χ0v) is 21.3. The molecule has 36 heavy (non-hydrogen) atoms. The first-order chi connectivity index (χ1) is 17.4. The van der Waals surface area contributed by atoms with Crippen LogP contribution >= 0.6 is 11.3 Å². The number of rotatable bonds is 8. The first-order valence-electron chi connectivity index (χ1n) is 12.7. The zero-order chi connectivity index (χ0) is 25.1. The van der Waals surface area contributed by atoms with E-state index in [0.29, 0.717) is 28.1 Å². The third kappa shape index (κ3) is 6.21. The van der Waals surface area contributed by atoms with Crippen LogP contribution in [0.2, 0.25) is 0 Å². The van der Waals surface area contributed by atoms with Gasteiger partial charge in [-0.2, -0.15) is 0 Å². The Labute approximate surface area is 213 Å². The van der Waals surface area contributed by atoms with Crippen LogP contribution in [0.25, 0.3) is 11.1 Å².